The van der Waals surface area contributed by atoms with Crippen molar-refractivity contribution in [3.05, 3.63) is 35.1 Å². The van der Waals surface area contributed by atoms with E-state index in [9.17, 15) is 0 Å². The van der Waals surface area contributed by atoms with Crippen molar-refractivity contribution in [3.8, 4) is 5.75 Å². The highest BCUT2D eigenvalue weighted by molar-refractivity contribution is 7.16. The van der Waals surface area contributed by atoms with Crippen LogP contribution in [0.3, 0.4) is 0 Å². The summed E-state index contributed by atoms with van der Waals surface area (Å²) in [5.74, 6) is 1.39. The monoisotopic (exact) mass is 291 g/mol. The van der Waals surface area contributed by atoms with Gasteiger partial charge in [0.25, 0.3) is 0 Å². The van der Waals surface area contributed by atoms with Crippen LogP contribution in [-0.4, -0.2) is 26.9 Å². The van der Waals surface area contributed by atoms with Gasteiger partial charge in [-0.05, 0) is 12.1 Å². The number of nitrogens with two attached hydrogens (primary N) is 1. The average Bonchev–Trinajstić information content (AvgIpc) is 2.99. The molecule has 1 aromatic carbocycles. The molecule has 0 aliphatic heterocycles. The highest BCUT2D eigenvalue weighted by Gasteiger charge is 2.11. The van der Waals surface area contributed by atoms with Gasteiger partial charge in [0.1, 0.15) is 19.0 Å². The Kier molecular flexibility index (Phi) is 3.48. The third-order valence-corrected chi connectivity index (χ3v) is 3.46. The van der Waals surface area contributed by atoms with Crippen LogP contribution in [0.25, 0.3) is 4.96 Å². The van der Waals surface area contributed by atoms with Crippen LogP contribution in [-0.2, 0) is 18.0 Å². The fourth-order valence-corrected chi connectivity index (χ4v) is 2.49. The van der Waals surface area contributed by atoms with E-state index in [-0.39, 0.29) is 0 Å². The van der Waals surface area contributed by atoms with Gasteiger partial charge >= 0.3 is 0 Å². The Morgan fingerprint density at radius 2 is 2.20 bits per heavy atom. The number of hydrogen-bond acceptors (Lipinski definition) is 7. The van der Waals surface area contributed by atoms with Crippen molar-refractivity contribution in [1.82, 2.24) is 19.8 Å². The van der Waals surface area contributed by atoms with E-state index in [0.29, 0.717) is 30.5 Å². The molecule has 0 aliphatic carbocycles. The van der Waals surface area contributed by atoms with E-state index < -0.39 is 0 Å². The number of benzene rings is 1. The summed E-state index contributed by atoms with van der Waals surface area (Å²) in [6.45, 7) is 0.740. The lowest BCUT2D eigenvalue weighted by atomic mass is 10.3. The third kappa shape index (κ3) is 2.56. The first-order valence-electron chi connectivity index (χ1n) is 5.93. The first kappa shape index (κ1) is 12.8. The van der Waals surface area contributed by atoms with Crippen molar-refractivity contribution in [2.24, 2.45) is 0 Å². The zero-order chi connectivity index (χ0) is 13.9. The molecule has 0 saturated carbocycles. The van der Waals surface area contributed by atoms with E-state index in [2.05, 4.69) is 15.3 Å². The van der Waals surface area contributed by atoms with Crippen molar-refractivity contribution < 1.29 is 9.47 Å². The third-order valence-electron chi connectivity index (χ3n) is 2.59. The minimum Gasteiger partial charge on any atom is -0.486 e. The van der Waals surface area contributed by atoms with Crippen LogP contribution in [0.2, 0.25) is 0 Å². The molecule has 0 radical (unpaired) electrons. The summed E-state index contributed by atoms with van der Waals surface area (Å²) in [4.78, 5) is 0.725. The van der Waals surface area contributed by atoms with Gasteiger partial charge in [-0.1, -0.05) is 17.4 Å². The first-order valence-corrected chi connectivity index (χ1v) is 6.75. The Balaban J connectivity index is 1.74. The number of hydrogen-bond donors (Lipinski definition) is 1. The second kappa shape index (κ2) is 5.43. The van der Waals surface area contributed by atoms with Gasteiger partial charge in [0.15, 0.2) is 10.8 Å². The molecular formula is C12H13N5O2S. The number of rotatable bonds is 5. The van der Waals surface area contributed by atoms with Crippen molar-refractivity contribution in [3.63, 3.8) is 0 Å². The molecule has 0 spiro atoms. The fourth-order valence-electron chi connectivity index (χ4n) is 1.72. The van der Waals surface area contributed by atoms with Crippen molar-refractivity contribution in [2.45, 2.75) is 13.2 Å². The first-order chi connectivity index (χ1) is 9.76. The van der Waals surface area contributed by atoms with Crippen molar-refractivity contribution in [1.29, 1.82) is 0 Å². The van der Waals surface area contributed by atoms with E-state index in [0.717, 1.165) is 9.97 Å². The van der Waals surface area contributed by atoms with Gasteiger partial charge < -0.3 is 15.2 Å². The molecule has 7 nitrogen and oxygen atoms in total. The SMILES string of the molecule is COCc1nnc2sc(COc3cccc(N)c3)nn12. The summed E-state index contributed by atoms with van der Waals surface area (Å²) in [5, 5.41) is 13.3. The summed E-state index contributed by atoms with van der Waals surface area (Å²) in [5.41, 5.74) is 6.37. The zero-order valence-electron chi connectivity index (χ0n) is 10.8. The second-order valence-electron chi connectivity index (χ2n) is 4.10. The van der Waals surface area contributed by atoms with Gasteiger partial charge in [-0.15, -0.1) is 10.2 Å². The number of nitrogens with zero attached hydrogens (tertiary/aromatic N) is 4. The van der Waals surface area contributed by atoms with Crippen LogP contribution < -0.4 is 10.5 Å². The Labute approximate surface area is 119 Å². The predicted octanol–water partition coefficient (Wildman–Crippen LogP) is 1.49. The molecule has 0 amide bonds. The summed E-state index contributed by atoms with van der Waals surface area (Å²) >= 11 is 1.43. The van der Waals surface area contributed by atoms with Gasteiger partial charge in [0.05, 0.1) is 0 Å². The van der Waals surface area contributed by atoms with Crippen LogP contribution in [0.4, 0.5) is 5.69 Å². The number of nitrogen functional groups attached to an aromatic ring is 1. The number of ether oxygens (including phenoxy) is 2. The summed E-state index contributed by atoms with van der Waals surface area (Å²) in [7, 11) is 1.61. The average molecular weight is 291 g/mol. The maximum atomic E-state index is 5.70. The number of methoxy groups -OCH3 is 1. The molecule has 20 heavy (non-hydrogen) atoms. The fraction of sp³-hybridized carbons (Fsp3) is 0.250. The summed E-state index contributed by atoms with van der Waals surface area (Å²) in [6, 6.07) is 7.29. The predicted molar refractivity (Wildman–Crippen MR) is 74.6 cm³/mol. The van der Waals surface area contributed by atoms with Gasteiger partial charge in [-0.3, -0.25) is 0 Å². The minimum absolute atomic E-state index is 0.365. The number of fused-ring (bicyclic) bond motifs is 1. The lowest BCUT2D eigenvalue weighted by molar-refractivity contribution is 0.176. The van der Waals surface area contributed by atoms with E-state index in [1.807, 2.05) is 18.2 Å². The lowest BCUT2D eigenvalue weighted by Crippen LogP contribution is -2.00. The molecule has 2 aromatic heterocycles. The summed E-state index contributed by atoms with van der Waals surface area (Å²) in [6.07, 6.45) is 0. The molecule has 0 fully saturated rings. The normalized spacial score (nSPS) is 11.1. The standard InChI is InChI=1S/C12H13N5O2S/c1-18-6-10-14-15-12-17(10)16-11(20-12)7-19-9-4-2-3-8(13)5-9/h2-5H,6-7,13H2,1H3. The molecule has 2 N–H and O–H groups in total. The van der Waals surface area contributed by atoms with E-state index in [1.165, 1.54) is 11.3 Å². The summed E-state index contributed by atoms with van der Waals surface area (Å²) < 4.78 is 12.4. The van der Waals surface area contributed by atoms with E-state index in [1.54, 1.807) is 17.7 Å². The van der Waals surface area contributed by atoms with Crippen LogP contribution in [0.1, 0.15) is 10.8 Å². The Morgan fingerprint density at radius 3 is 3.00 bits per heavy atom. The molecule has 0 aliphatic rings. The number of aromatic nitrogens is 4. The highest BCUT2D eigenvalue weighted by atomic mass is 32.1. The zero-order valence-corrected chi connectivity index (χ0v) is 11.6. The molecule has 0 unspecified atom stereocenters. The lowest BCUT2D eigenvalue weighted by Gasteiger charge is -2.03. The molecule has 0 saturated heterocycles. The van der Waals surface area contributed by atoms with E-state index in [4.69, 9.17) is 15.2 Å². The van der Waals surface area contributed by atoms with Gasteiger partial charge in [0, 0.05) is 18.9 Å². The van der Waals surface area contributed by atoms with Crippen molar-refractivity contribution >= 4 is 22.0 Å². The molecule has 2 heterocycles. The largest absolute Gasteiger partial charge is 0.486 e. The molecular weight excluding hydrogens is 278 g/mol. The Bertz CT molecular complexity index is 724. The molecule has 8 heteroatoms. The van der Waals surface area contributed by atoms with Gasteiger partial charge in [0.2, 0.25) is 4.96 Å². The quantitative estimate of drug-likeness (QED) is 0.717. The minimum atomic E-state index is 0.365. The topological polar surface area (TPSA) is 87.6 Å². The smallest absolute Gasteiger partial charge is 0.234 e. The maximum Gasteiger partial charge on any atom is 0.234 e. The molecule has 104 valence electrons. The Hall–Kier alpha value is -2.19. The van der Waals surface area contributed by atoms with Crippen LogP contribution in [0.5, 0.6) is 5.75 Å². The molecule has 0 atom stereocenters. The number of anilines is 1. The second-order valence-corrected chi connectivity index (χ2v) is 5.14. The molecule has 3 rings (SSSR count). The van der Waals surface area contributed by atoms with Crippen LogP contribution in [0.15, 0.2) is 24.3 Å². The molecule has 3 aromatic rings. The van der Waals surface area contributed by atoms with Crippen molar-refractivity contribution in [2.75, 3.05) is 12.8 Å². The van der Waals surface area contributed by atoms with Gasteiger partial charge in [-0.25, -0.2) is 0 Å². The van der Waals surface area contributed by atoms with Gasteiger partial charge in [-0.2, -0.15) is 9.61 Å². The highest BCUT2D eigenvalue weighted by Crippen LogP contribution is 2.19. The van der Waals surface area contributed by atoms with Crippen LogP contribution in [0, 0.1) is 0 Å². The van der Waals surface area contributed by atoms with E-state index >= 15 is 0 Å². The molecule has 0 bridgehead atoms. The van der Waals surface area contributed by atoms with Crippen LogP contribution >= 0.6 is 11.3 Å². The maximum absolute atomic E-state index is 5.70. The Morgan fingerprint density at radius 1 is 1.30 bits per heavy atom.